The lowest BCUT2D eigenvalue weighted by Gasteiger charge is -2.43. The number of benzene rings is 1. The lowest BCUT2D eigenvalue weighted by atomic mass is 10.0. The fraction of sp³-hybridized carbons (Fsp3) is 0.591. The standard InChI is InChI=1S/C22H30N4O6/c1-2-32-22(30)19(13-12-16-8-4-3-5-9-16)25(23-31)17-10-6-14-24-15-7-11-18(21(28)29)26(24)20(17)27/h3-5,8-9,17-19H,2,6-7,10-15H2,1H3,(H,28,29)/t17-,18-,19-/m0/s1. The molecule has 2 aliphatic rings. The number of hydrazine groups is 1. The number of esters is 1. The second-order valence-electron chi connectivity index (χ2n) is 8.04. The number of hydrogen-bond donors (Lipinski definition) is 1. The highest BCUT2D eigenvalue weighted by Gasteiger charge is 2.46. The van der Waals surface area contributed by atoms with Crippen molar-refractivity contribution < 1.29 is 24.2 Å². The van der Waals surface area contributed by atoms with E-state index in [2.05, 4.69) is 5.29 Å². The fourth-order valence-electron chi connectivity index (χ4n) is 4.50. The van der Waals surface area contributed by atoms with Crippen LogP contribution in [0.25, 0.3) is 0 Å². The molecule has 1 amide bonds. The van der Waals surface area contributed by atoms with Crippen LogP contribution in [0.4, 0.5) is 0 Å². The summed E-state index contributed by atoms with van der Waals surface area (Å²) in [5, 5.41) is 16.8. The average molecular weight is 447 g/mol. The van der Waals surface area contributed by atoms with Crippen LogP contribution in [0.3, 0.4) is 0 Å². The van der Waals surface area contributed by atoms with Crippen LogP contribution in [-0.2, 0) is 25.5 Å². The van der Waals surface area contributed by atoms with Crippen molar-refractivity contribution in [3.05, 3.63) is 40.8 Å². The minimum absolute atomic E-state index is 0.132. The maximum absolute atomic E-state index is 13.5. The van der Waals surface area contributed by atoms with Gasteiger partial charge in [-0.2, -0.15) is 0 Å². The molecule has 0 unspecified atom stereocenters. The van der Waals surface area contributed by atoms with Crippen molar-refractivity contribution in [2.75, 3.05) is 19.7 Å². The summed E-state index contributed by atoms with van der Waals surface area (Å²) in [4.78, 5) is 50.0. The zero-order valence-electron chi connectivity index (χ0n) is 18.3. The molecule has 1 aromatic carbocycles. The number of hydrogen-bond acceptors (Lipinski definition) is 7. The molecule has 0 saturated carbocycles. The Morgan fingerprint density at radius 2 is 1.91 bits per heavy atom. The number of carbonyl (C=O) groups excluding carboxylic acids is 2. The summed E-state index contributed by atoms with van der Waals surface area (Å²) in [5.74, 6) is -2.21. The molecule has 174 valence electrons. The number of carboxylic acids is 1. The monoisotopic (exact) mass is 446 g/mol. The van der Waals surface area contributed by atoms with Gasteiger partial charge in [0.25, 0.3) is 5.91 Å². The Kier molecular flexibility index (Phi) is 8.15. The van der Waals surface area contributed by atoms with Crippen molar-refractivity contribution in [3.63, 3.8) is 0 Å². The first kappa shape index (κ1) is 23.6. The molecule has 0 aromatic heterocycles. The lowest BCUT2D eigenvalue weighted by Crippen LogP contribution is -2.61. The summed E-state index contributed by atoms with van der Waals surface area (Å²) in [6.45, 7) is 2.89. The smallest absolute Gasteiger partial charge is 0.330 e. The number of carbonyl (C=O) groups is 3. The quantitative estimate of drug-likeness (QED) is 0.347. The van der Waals surface area contributed by atoms with Gasteiger partial charge >= 0.3 is 11.9 Å². The van der Waals surface area contributed by atoms with Crippen LogP contribution in [0.15, 0.2) is 35.6 Å². The van der Waals surface area contributed by atoms with Crippen LogP contribution in [-0.4, -0.2) is 75.8 Å². The van der Waals surface area contributed by atoms with E-state index in [-0.39, 0.29) is 13.0 Å². The molecule has 2 heterocycles. The summed E-state index contributed by atoms with van der Waals surface area (Å²) >= 11 is 0. The zero-order valence-corrected chi connectivity index (χ0v) is 18.3. The van der Waals surface area contributed by atoms with Gasteiger partial charge in [0.15, 0.2) is 0 Å². The average Bonchev–Trinajstić information content (AvgIpc) is 2.96. The van der Waals surface area contributed by atoms with Gasteiger partial charge in [-0.05, 0) is 51.0 Å². The minimum atomic E-state index is -1.08. The molecule has 0 spiro atoms. The summed E-state index contributed by atoms with van der Waals surface area (Å²) in [5.41, 5.74) is 0.980. The van der Waals surface area contributed by atoms with E-state index in [9.17, 15) is 24.4 Å². The van der Waals surface area contributed by atoms with Gasteiger partial charge < -0.3 is 9.84 Å². The second-order valence-corrected chi connectivity index (χ2v) is 8.04. The van der Waals surface area contributed by atoms with Gasteiger partial charge in [0.1, 0.15) is 18.1 Å². The highest BCUT2D eigenvalue weighted by molar-refractivity contribution is 5.87. The van der Waals surface area contributed by atoms with Crippen molar-refractivity contribution in [2.45, 2.75) is 63.6 Å². The first-order valence-electron chi connectivity index (χ1n) is 11.1. The predicted molar refractivity (Wildman–Crippen MR) is 115 cm³/mol. The maximum Gasteiger partial charge on any atom is 0.330 e. The molecule has 2 saturated heterocycles. The number of ether oxygens (including phenoxy) is 1. The molecule has 10 nitrogen and oxygen atoms in total. The normalized spacial score (nSPS) is 22.4. The van der Waals surface area contributed by atoms with E-state index in [4.69, 9.17) is 4.74 Å². The fourth-order valence-corrected chi connectivity index (χ4v) is 4.50. The highest BCUT2D eigenvalue weighted by Crippen LogP contribution is 2.28. The Bertz CT molecular complexity index is 820. The summed E-state index contributed by atoms with van der Waals surface area (Å²) in [6.07, 6.45) is 2.61. The number of aryl methyl sites for hydroxylation is 1. The van der Waals surface area contributed by atoms with Gasteiger partial charge in [-0.1, -0.05) is 30.3 Å². The number of amides is 1. The number of carboxylic acid groups (broad SMARTS) is 1. The third-order valence-electron chi connectivity index (χ3n) is 6.02. The van der Waals surface area contributed by atoms with Crippen LogP contribution in [0.5, 0.6) is 0 Å². The molecular weight excluding hydrogens is 416 g/mol. The van der Waals surface area contributed by atoms with Gasteiger partial charge in [-0.15, -0.1) is 4.91 Å². The SMILES string of the molecule is CCOC(=O)[C@H](CCc1ccccc1)N(N=O)[C@H]1CCCN2CCC[C@@H](C(=O)O)N2C1=O. The van der Waals surface area contributed by atoms with Gasteiger partial charge in [0.05, 0.1) is 11.9 Å². The van der Waals surface area contributed by atoms with Crippen LogP contribution in [0.2, 0.25) is 0 Å². The maximum atomic E-state index is 13.5. The van der Waals surface area contributed by atoms with Gasteiger partial charge in [-0.3, -0.25) is 9.80 Å². The molecule has 0 bridgehead atoms. The number of nitroso groups, excluding NO2 is 1. The molecule has 2 fully saturated rings. The molecule has 10 heteroatoms. The Labute approximate surface area is 187 Å². The number of aliphatic carboxylic acids is 1. The molecule has 0 radical (unpaired) electrons. The van der Waals surface area contributed by atoms with E-state index in [1.807, 2.05) is 30.3 Å². The molecule has 3 rings (SSSR count). The van der Waals surface area contributed by atoms with Crippen molar-refractivity contribution >= 4 is 17.8 Å². The van der Waals surface area contributed by atoms with Crippen LogP contribution in [0.1, 0.15) is 44.6 Å². The van der Waals surface area contributed by atoms with Crippen LogP contribution < -0.4 is 0 Å². The number of fused-ring (bicyclic) bond motifs is 1. The summed E-state index contributed by atoms with van der Waals surface area (Å²) in [6, 6.07) is 6.44. The molecule has 1 N–H and O–H groups in total. The largest absolute Gasteiger partial charge is 0.480 e. The molecule has 2 aliphatic heterocycles. The lowest BCUT2D eigenvalue weighted by molar-refractivity contribution is -0.177. The summed E-state index contributed by atoms with van der Waals surface area (Å²) in [7, 11) is 0. The zero-order chi connectivity index (χ0) is 23.1. The van der Waals surface area contributed by atoms with Crippen LogP contribution in [0, 0.1) is 4.91 Å². The molecular formula is C22H30N4O6. The second kappa shape index (κ2) is 11.0. The Hall–Kier alpha value is -3.01. The van der Waals surface area contributed by atoms with Gasteiger partial charge in [0, 0.05) is 13.1 Å². The number of rotatable bonds is 9. The third kappa shape index (κ3) is 5.24. The molecule has 0 aliphatic carbocycles. The third-order valence-corrected chi connectivity index (χ3v) is 6.02. The van der Waals surface area contributed by atoms with E-state index < -0.39 is 36.0 Å². The van der Waals surface area contributed by atoms with Gasteiger partial charge in [0.2, 0.25) is 0 Å². The first-order chi connectivity index (χ1) is 15.5. The highest BCUT2D eigenvalue weighted by atomic mass is 16.5. The topological polar surface area (TPSA) is 120 Å². The molecule has 1 aromatic rings. The first-order valence-corrected chi connectivity index (χ1v) is 11.1. The molecule has 3 atom stereocenters. The van der Waals surface area contributed by atoms with E-state index in [0.29, 0.717) is 45.2 Å². The van der Waals surface area contributed by atoms with Crippen molar-refractivity contribution in [2.24, 2.45) is 5.29 Å². The minimum Gasteiger partial charge on any atom is -0.480 e. The van der Waals surface area contributed by atoms with E-state index >= 15 is 0 Å². The Morgan fingerprint density at radius 3 is 2.53 bits per heavy atom. The predicted octanol–water partition coefficient (Wildman–Crippen LogP) is 1.99. The van der Waals surface area contributed by atoms with Crippen molar-refractivity contribution in [1.82, 2.24) is 15.0 Å². The van der Waals surface area contributed by atoms with Crippen LogP contribution >= 0.6 is 0 Å². The van der Waals surface area contributed by atoms with Crippen molar-refractivity contribution in [3.8, 4) is 0 Å². The van der Waals surface area contributed by atoms with E-state index in [1.54, 1.807) is 11.9 Å². The Balaban J connectivity index is 1.86. The Morgan fingerprint density at radius 1 is 1.22 bits per heavy atom. The van der Waals surface area contributed by atoms with Crippen molar-refractivity contribution in [1.29, 1.82) is 0 Å². The number of nitrogens with zero attached hydrogens (tertiary/aromatic N) is 4. The van der Waals surface area contributed by atoms with E-state index in [0.717, 1.165) is 10.6 Å². The van der Waals surface area contributed by atoms with Gasteiger partial charge in [-0.25, -0.2) is 19.6 Å². The molecule has 32 heavy (non-hydrogen) atoms. The van der Waals surface area contributed by atoms with E-state index in [1.165, 1.54) is 5.01 Å². The summed E-state index contributed by atoms with van der Waals surface area (Å²) < 4.78 is 5.19.